The van der Waals surface area contributed by atoms with Gasteiger partial charge in [-0.25, -0.2) is 4.79 Å². The van der Waals surface area contributed by atoms with Gasteiger partial charge in [0.25, 0.3) is 5.91 Å². The Morgan fingerprint density at radius 1 is 0.789 bits per heavy atom. The van der Waals surface area contributed by atoms with Gasteiger partial charge >= 0.3 is 12.3 Å². The van der Waals surface area contributed by atoms with E-state index in [1.54, 1.807) is 12.1 Å². The number of ether oxygens (including phenoxy) is 1. The number of phenols is 1. The first-order valence-electron chi connectivity index (χ1n) is 11.5. The molecule has 0 saturated heterocycles. The summed E-state index contributed by atoms with van der Waals surface area (Å²) in [6.45, 7) is 0. The van der Waals surface area contributed by atoms with Gasteiger partial charge in [0.1, 0.15) is 17.5 Å². The molecular weight excluding hydrogens is 499 g/mol. The van der Waals surface area contributed by atoms with Crippen molar-refractivity contribution < 1.29 is 37.7 Å². The van der Waals surface area contributed by atoms with E-state index >= 15 is 0 Å². The number of carboxylic acid groups (broad SMARTS) is 1. The van der Waals surface area contributed by atoms with Crippen LogP contribution in [0.4, 0.5) is 13.2 Å². The maximum absolute atomic E-state index is 12.9. The summed E-state index contributed by atoms with van der Waals surface area (Å²) in [5, 5.41) is 22.4. The average molecular weight is 521 g/mol. The molecule has 0 fully saturated rings. The number of carbonyl (C=O) groups is 2. The van der Waals surface area contributed by atoms with Gasteiger partial charge in [0, 0.05) is 6.42 Å². The van der Waals surface area contributed by atoms with E-state index in [2.05, 4.69) is 10.1 Å². The molecule has 4 aromatic rings. The summed E-state index contributed by atoms with van der Waals surface area (Å²) < 4.78 is 41.1. The number of hydrogen-bond acceptors (Lipinski definition) is 4. The number of carbonyl (C=O) groups excluding carboxylic acids is 1. The van der Waals surface area contributed by atoms with Crippen LogP contribution in [0.1, 0.15) is 15.9 Å². The lowest BCUT2D eigenvalue weighted by Gasteiger charge is -2.16. The smallest absolute Gasteiger partial charge is 0.507 e. The van der Waals surface area contributed by atoms with Crippen LogP contribution in [0, 0.1) is 0 Å². The van der Waals surface area contributed by atoms with Crippen LogP contribution in [0.15, 0.2) is 97.1 Å². The third-order valence-electron chi connectivity index (χ3n) is 5.77. The normalized spacial score (nSPS) is 12.0. The highest BCUT2D eigenvalue weighted by atomic mass is 19.4. The van der Waals surface area contributed by atoms with Gasteiger partial charge in [0.2, 0.25) is 0 Å². The maximum atomic E-state index is 12.9. The molecule has 3 N–H and O–H groups in total. The number of rotatable bonds is 8. The Kier molecular flexibility index (Phi) is 7.66. The first-order chi connectivity index (χ1) is 18.1. The van der Waals surface area contributed by atoms with E-state index in [1.165, 1.54) is 30.3 Å². The largest absolute Gasteiger partial charge is 0.573 e. The molecule has 9 heteroatoms. The van der Waals surface area contributed by atoms with Crippen LogP contribution in [-0.2, 0) is 11.2 Å². The summed E-state index contributed by atoms with van der Waals surface area (Å²) in [6, 6.07) is 24.8. The summed E-state index contributed by atoms with van der Waals surface area (Å²) in [7, 11) is 0. The van der Waals surface area contributed by atoms with Crippen molar-refractivity contribution in [1.82, 2.24) is 5.32 Å². The van der Waals surface area contributed by atoms with Crippen molar-refractivity contribution in [2.24, 2.45) is 0 Å². The van der Waals surface area contributed by atoms with E-state index in [0.717, 1.165) is 23.3 Å². The molecular formula is C29H22F3NO5. The number of alkyl halides is 3. The fraction of sp³-hybridized carbons (Fsp3) is 0.103. The zero-order valence-corrected chi connectivity index (χ0v) is 19.8. The van der Waals surface area contributed by atoms with Crippen LogP contribution < -0.4 is 10.1 Å². The lowest BCUT2D eigenvalue weighted by atomic mass is 9.99. The second kappa shape index (κ2) is 11.1. The predicted octanol–water partition coefficient (Wildman–Crippen LogP) is 6.05. The summed E-state index contributed by atoms with van der Waals surface area (Å²) in [4.78, 5) is 24.8. The first kappa shape index (κ1) is 26.3. The highest BCUT2D eigenvalue weighted by molar-refractivity contribution is 6.00. The van der Waals surface area contributed by atoms with Gasteiger partial charge in [-0.2, -0.15) is 0 Å². The third kappa shape index (κ3) is 6.70. The van der Waals surface area contributed by atoms with Crippen molar-refractivity contribution in [1.29, 1.82) is 0 Å². The van der Waals surface area contributed by atoms with Gasteiger partial charge in [-0.3, -0.25) is 4.79 Å². The Balaban J connectivity index is 1.48. The van der Waals surface area contributed by atoms with Crippen LogP contribution in [0.2, 0.25) is 0 Å². The van der Waals surface area contributed by atoms with E-state index in [-0.39, 0.29) is 17.7 Å². The fourth-order valence-electron chi connectivity index (χ4n) is 3.88. The first-order valence-corrected chi connectivity index (χ1v) is 11.5. The summed E-state index contributed by atoms with van der Waals surface area (Å²) in [6.07, 6.45) is -4.81. The van der Waals surface area contributed by atoms with Crippen LogP contribution in [0.3, 0.4) is 0 Å². The van der Waals surface area contributed by atoms with E-state index in [1.807, 2.05) is 42.5 Å². The molecule has 0 saturated carbocycles. The van der Waals surface area contributed by atoms with Crippen molar-refractivity contribution in [3.05, 3.63) is 108 Å². The topological polar surface area (TPSA) is 95.9 Å². The number of aliphatic carboxylic acids is 1. The molecule has 0 heterocycles. The van der Waals surface area contributed by atoms with Gasteiger partial charge in [-0.15, -0.1) is 13.2 Å². The fourth-order valence-corrected chi connectivity index (χ4v) is 3.88. The van der Waals surface area contributed by atoms with E-state index in [0.29, 0.717) is 16.7 Å². The molecule has 0 aliphatic carbocycles. The number of benzene rings is 4. The number of halogens is 3. The van der Waals surface area contributed by atoms with E-state index < -0.39 is 30.0 Å². The van der Waals surface area contributed by atoms with Gasteiger partial charge in [0.05, 0.1) is 5.56 Å². The lowest BCUT2D eigenvalue weighted by Crippen LogP contribution is -2.42. The molecule has 1 unspecified atom stereocenters. The number of hydrogen-bond donors (Lipinski definition) is 3. The summed E-state index contributed by atoms with van der Waals surface area (Å²) >= 11 is 0. The van der Waals surface area contributed by atoms with Crippen molar-refractivity contribution in [3.63, 3.8) is 0 Å². The maximum Gasteiger partial charge on any atom is 0.573 e. The number of aromatic hydroxyl groups is 1. The second-order valence-corrected chi connectivity index (χ2v) is 8.44. The molecule has 0 bridgehead atoms. The van der Waals surface area contributed by atoms with E-state index in [4.69, 9.17) is 0 Å². The Morgan fingerprint density at radius 2 is 1.34 bits per heavy atom. The van der Waals surface area contributed by atoms with Crippen LogP contribution in [-0.4, -0.2) is 34.5 Å². The highest BCUT2D eigenvalue weighted by Crippen LogP contribution is 2.29. The van der Waals surface area contributed by atoms with Gasteiger partial charge in [-0.1, -0.05) is 72.8 Å². The second-order valence-electron chi connectivity index (χ2n) is 8.44. The molecule has 0 spiro atoms. The zero-order chi connectivity index (χ0) is 27.3. The highest BCUT2D eigenvalue weighted by Gasteiger charge is 2.31. The number of phenolic OH excluding ortho intramolecular Hbond substituents is 1. The third-order valence-corrected chi connectivity index (χ3v) is 5.77. The Bertz CT molecular complexity index is 1420. The Labute approximate surface area is 215 Å². The summed E-state index contributed by atoms with van der Waals surface area (Å²) in [5.74, 6) is -2.84. The van der Waals surface area contributed by atoms with E-state index in [9.17, 15) is 33.0 Å². The molecule has 194 valence electrons. The lowest BCUT2D eigenvalue weighted by molar-refractivity contribution is -0.274. The molecule has 0 aliphatic rings. The van der Waals surface area contributed by atoms with Crippen molar-refractivity contribution in [2.45, 2.75) is 18.8 Å². The Hall–Kier alpha value is -4.79. The number of nitrogens with one attached hydrogen (secondary N) is 1. The monoisotopic (exact) mass is 521 g/mol. The van der Waals surface area contributed by atoms with Crippen LogP contribution >= 0.6 is 0 Å². The van der Waals surface area contributed by atoms with Crippen LogP contribution in [0.25, 0.3) is 22.3 Å². The molecule has 0 aliphatic heterocycles. The number of amides is 1. The minimum absolute atomic E-state index is 0.0112. The predicted molar refractivity (Wildman–Crippen MR) is 135 cm³/mol. The zero-order valence-electron chi connectivity index (χ0n) is 19.8. The van der Waals surface area contributed by atoms with Gasteiger partial charge in [-0.05, 0) is 52.1 Å². The van der Waals surface area contributed by atoms with Crippen molar-refractivity contribution in [3.8, 4) is 33.8 Å². The molecule has 0 aromatic heterocycles. The van der Waals surface area contributed by atoms with Crippen LogP contribution in [0.5, 0.6) is 11.5 Å². The molecule has 38 heavy (non-hydrogen) atoms. The standard InChI is InChI=1S/C29H22F3NO5/c30-29(31,32)38-23-13-10-21(11-14-23)22-12-15-26(34)24(17-22)27(35)33-25(28(36)37)16-18-6-8-20(9-7-18)19-4-2-1-3-5-19/h1-15,17,25,34H,16H2,(H,33,35)(H,36,37). The van der Waals surface area contributed by atoms with Crippen molar-refractivity contribution in [2.75, 3.05) is 0 Å². The molecule has 1 amide bonds. The van der Waals surface area contributed by atoms with Gasteiger partial charge in [0.15, 0.2) is 0 Å². The molecule has 4 aromatic carbocycles. The molecule has 4 rings (SSSR count). The molecule has 0 radical (unpaired) electrons. The quantitative estimate of drug-likeness (QED) is 0.262. The number of carboxylic acids is 1. The summed E-state index contributed by atoms with van der Waals surface area (Å²) in [5.41, 5.74) is 3.38. The minimum Gasteiger partial charge on any atom is -0.507 e. The van der Waals surface area contributed by atoms with Gasteiger partial charge < -0.3 is 20.3 Å². The SMILES string of the molecule is O=C(NC(Cc1ccc(-c2ccccc2)cc1)C(=O)O)c1cc(-c2ccc(OC(F)(F)F)cc2)ccc1O. The molecule has 6 nitrogen and oxygen atoms in total. The van der Waals surface area contributed by atoms with Crippen molar-refractivity contribution >= 4 is 11.9 Å². The average Bonchev–Trinajstić information content (AvgIpc) is 2.89. The minimum atomic E-state index is -4.82. The molecule has 1 atom stereocenters. The Morgan fingerprint density at radius 3 is 1.95 bits per heavy atom.